The highest BCUT2D eigenvalue weighted by molar-refractivity contribution is 7.98. The number of anilines is 1. The van der Waals surface area contributed by atoms with E-state index in [0.29, 0.717) is 23.6 Å². The predicted molar refractivity (Wildman–Crippen MR) is 127 cm³/mol. The molecule has 180 valence electrons. The molecule has 0 radical (unpaired) electrons. The second-order valence-electron chi connectivity index (χ2n) is 7.79. The topological polar surface area (TPSA) is 75.7 Å². The van der Waals surface area contributed by atoms with Crippen LogP contribution in [0.15, 0.2) is 57.1 Å². The van der Waals surface area contributed by atoms with E-state index in [0.717, 1.165) is 22.1 Å². The van der Waals surface area contributed by atoms with Crippen LogP contribution >= 0.6 is 11.8 Å². The summed E-state index contributed by atoms with van der Waals surface area (Å²) in [6.07, 6.45) is -2.56. The molecule has 11 heteroatoms. The first-order chi connectivity index (χ1) is 16.2. The van der Waals surface area contributed by atoms with Crippen LogP contribution in [0.25, 0.3) is 5.69 Å². The number of nitrogens with zero attached hydrogens (tertiary/aromatic N) is 5. The van der Waals surface area contributed by atoms with Gasteiger partial charge in [0.2, 0.25) is 0 Å². The zero-order valence-corrected chi connectivity index (χ0v) is 19.7. The number of fused-ring (bicyclic) bond motifs is 1. The molecule has 0 spiro atoms. The van der Waals surface area contributed by atoms with Crippen molar-refractivity contribution in [2.45, 2.75) is 44.1 Å². The van der Waals surface area contributed by atoms with Crippen molar-refractivity contribution in [3.8, 4) is 5.69 Å². The van der Waals surface area contributed by atoms with Crippen LogP contribution in [0.2, 0.25) is 0 Å². The maximum Gasteiger partial charge on any atom is 0.408 e. The third kappa shape index (κ3) is 4.25. The summed E-state index contributed by atoms with van der Waals surface area (Å²) in [5, 5.41) is 13.7. The van der Waals surface area contributed by atoms with Crippen molar-refractivity contribution < 1.29 is 18.3 Å². The lowest BCUT2D eigenvalue weighted by molar-refractivity contribution is -0.144. The van der Waals surface area contributed by atoms with Crippen molar-refractivity contribution in [2.75, 3.05) is 17.7 Å². The molecule has 0 unspecified atom stereocenters. The summed E-state index contributed by atoms with van der Waals surface area (Å²) in [6, 6.07) is 10.4. The van der Waals surface area contributed by atoms with E-state index in [-0.39, 0.29) is 18.1 Å². The van der Waals surface area contributed by atoms with E-state index in [1.54, 1.807) is 19.1 Å². The van der Waals surface area contributed by atoms with Gasteiger partial charge in [0, 0.05) is 17.0 Å². The molecule has 0 saturated heterocycles. The Morgan fingerprint density at radius 3 is 2.56 bits per heavy atom. The molecule has 0 fully saturated rings. The number of aliphatic hydroxyl groups excluding tert-OH is 1. The van der Waals surface area contributed by atoms with Crippen molar-refractivity contribution >= 4 is 28.8 Å². The summed E-state index contributed by atoms with van der Waals surface area (Å²) in [4.78, 5) is 19.6. The SMILES string of the molecule is CCn1c(CO)nn(-c2ccc3c(c2)N([C@@H](C)C(F)(F)F)CC(c2ccccc2SC)=N3)c1=O. The zero-order valence-electron chi connectivity index (χ0n) is 18.9. The van der Waals surface area contributed by atoms with Gasteiger partial charge in [-0.2, -0.15) is 17.9 Å². The molecule has 0 bridgehead atoms. The maximum absolute atomic E-state index is 13.9. The Kier molecular flexibility index (Phi) is 6.59. The second kappa shape index (κ2) is 9.30. The standard InChI is InChI=1S/C23H24F3N5O2S/c1-4-29-21(13-32)28-31(22(29)33)15-9-10-17-19(11-15)30(14(2)23(24,25)26)12-18(27-17)16-7-5-6-8-20(16)34-3/h5-11,14,32H,4,12-13H2,1-3H3/t14-/m0/s1. The molecule has 1 atom stereocenters. The maximum atomic E-state index is 13.9. The van der Waals surface area contributed by atoms with Crippen LogP contribution in [-0.4, -0.2) is 50.2 Å². The van der Waals surface area contributed by atoms with Gasteiger partial charge in [-0.3, -0.25) is 4.57 Å². The molecular weight excluding hydrogens is 467 g/mol. The second-order valence-corrected chi connectivity index (χ2v) is 8.64. The fraction of sp³-hybridized carbons (Fsp3) is 0.348. The number of aliphatic imine (C=N–C) groups is 1. The Morgan fingerprint density at radius 2 is 1.94 bits per heavy atom. The van der Waals surface area contributed by atoms with E-state index in [2.05, 4.69) is 5.10 Å². The molecule has 1 N–H and O–H groups in total. The number of aromatic nitrogens is 3. The Morgan fingerprint density at radius 1 is 1.21 bits per heavy atom. The fourth-order valence-corrected chi connectivity index (χ4v) is 4.61. The van der Waals surface area contributed by atoms with Crippen molar-refractivity contribution in [1.29, 1.82) is 0 Å². The minimum absolute atomic E-state index is 0.0467. The fourth-order valence-electron chi connectivity index (χ4n) is 3.99. The lowest BCUT2D eigenvalue weighted by atomic mass is 10.0. The highest BCUT2D eigenvalue weighted by Crippen LogP contribution is 2.40. The summed E-state index contributed by atoms with van der Waals surface area (Å²) in [5.41, 5.74) is 1.79. The van der Waals surface area contributed by atoms with E-state index < -0.39 is 24.5 Å². The number of rotatable bonds is 6. The normalized spacial score (nSPS) is 14.7. The van der Waals surface area contributed by atoms with Crippen LogP contribution in [0.1, 0.15) is 25.2 Å². The molecule has 7 nitrogen and oxygen atoms in total. The summed E-state index contributed by atoms with van der Waals surface area (Å²) in [5.74, 6) is 0.180. The Bertz CT molecular complexity index is 1300. The zero-order chi connectivity index (χ0) is 24.6. The molecule has 34 heavy (non-hydrogen) atoms. The average molecular weight is 492 g/mol. The molecule has 1 aliphatic heterocycles. The van der Waals surface area contributed by atoms with Crippen molar-refractivity contribution in [2.24, 2.45) is 4.99 Å². The van der Waals surface area contributed by atoms with Crippen LogP contribution in [0, 0.1) is 0 Å². The molecule has 3 aromatic rings. The Balaban J connectivity index is 1.88. The van der Waals surface area contributed by atoms with Crippen LogP contribution in [0.4, 0.5) is 24.5 Å². The Hall–Kier alpha value is -3.05. The van der Waals surface area contributed by atoms with Crippen LogP contribution in [-0.2, 0) is 13.2 Å². The van der Waals surface area contributed by atoms with Crippen molar-refractivity contribution in [1.82, 2.24) is 14.3 Å². The molecule has 4 rings (SSSR count). The number of benzene rings is 2. The summed E-state index contributed by atoms with van der Waals surface area (Å²) in [6.45, 7) is 2.69. The number of thioether (sulfide) groups is 1. The van der Waals surface area contributed by atoms with Gasteiger partial charge in [0.1, 0.15) is 12.6 Å². The van der Waals surface area contributed by atoms with E-state index in [4.69, 9.17) is 4.99 Å². The highest BCUT2D eigenvalue weighted by atomic mass is 32.2. The van der Waals surface area contributed by atoms with Crippen molar-refractivity contribution in [3.63, 3.8) is 0 Å². The third-order valence-corrected chi connectivity index (χ3v) is 6.64. The van der Waals surface area contributed by atoms with Gasteiger partial charge in [-0.15, -0.1) is 16.9 Å². The first kappa shape index (κ1) is 24.1. The summed E-state index contributed by atoms with van der Waals surface area (Å²) in [7, 11) is 0. The molecular formula is C23H24F3N5O2S. The number of halogens is 3. The number of hydrogen-bond acceptors (Lipinski definition) is 6. The van der Waals surface area contributed by atoms with Gasteiger partial charge >= 0.3 is 11.9 Å². The van der Waals surface area contributed by atoms with Gasteiger partial charge in [-0.05, 0) is 44.4 Å². The minimum atomic E-state index is -4.47. The third-order valence-electron chi connectivity index (χ3n) is 5.84. The van der Waals surface area contributed by atoms with Gasteiger partial charge in [0.25, 0.3) is 0 Å². The lowest BCUT2D eigenvalue weighted by Gasteiger charge is -2.36. The van der Waals surface area contributed by atoms with Crippen LogP contribution in [0.3, 0.4) is 0 Å². The molecule has 1 aliphatic rings. The molecule has 2 aromatic carbocycles. The molecule has 1 aromatic heterocycles. The Labute approximate surface area is 198 Å². The monoisotopic (exact) mass is 491 g/mol. The minimum Gasteiger partial charge on any atom is -0.388 e. The first-order valence-corrected chi connectivity index (χ1v) is 11.9. The van der Waals surface area contributed by atoms with Gasteiger partial charge in [0.15, 0.2) is 5.82 Å². The van der Waals surface area contributed by atoms with Gasteiger partial charge < -0.3 is 10.0 Å². The molecule has 0 aliphatic carbocycles. The quantitative estimate of drug-likeness (QED) is 0.524. The summed E-state index contributed by atoms with van der Waals surface area (Å²) < 4.78 is 44.0. The van der Waals surface area contributed by atoms with E-state index in [1.165, 1.54) is 27.3 Å². The lowest BCUT2D eigenvalue weighted by Crippen LogP contribution is -2.47. The molecule has 0 saturated carbocycles. The van der Waals surface area contributed by atoms with E-state index in [1.807, 2.05) is 30.5 Å². The summed E-state index contributed by atoms with van der Waals surface area (Å²) >= 11 is 1.50. The van der Waals surface area contributed by atoms with Gasteiger partial charge in [0.05, 0.1) is 29.3 Å². The number of alkyl halides is 3. The number of aliphatic hydroxyl groups is 1. The molecule has 0 amide bonds. The highest BCUT2D eigenvalue weighted by Gasteiger charge is 2.42. The largest absolute Gasteiger partial charge is 0.408 e. The van der Waals surface area contributed by atoms with Crippen LogP contribution < -0.4 is 10.6 Å². The smallest absolute Gasteiger partial charge is 0.388 e. The van der Waals surface area contributed by atoms with Crippen LogP contribution in [0.5, 0.6) is 0 Å². The number of hydrogen-bond donors (Lipinski definition) is 1. The molecule has 2 heterocycles. The average Bonchev–Trinajstić information content (AvgIpc) is 3.17. The van der Waals surface area contributed by atoms with Gasteiger partial charge in [-0.25, -0.2) is 9.79 Å². The van der Waals surface area contributed by atoms with E-state index in [9.17, 15) is 23.1 Å². The van der Waals surface area contributed by atoms with Crippen molar-refractivity contribution in [3.05, 3.63) is 64.3 Å². The van der Waals surface area contributed by atoms with Gasteiger partial charge in [-0.1, -0.05) is 18.2 Å². The predicted octanol–water partition coefficient (Wildman–Crippen LogP) is 4.16. The first-order valence-electron chi connectivity index (χ1n) is 10.7. The van der Waals surface area contributed by atoms with E-state index >= 15 is 0 Å².